The van der Waals surface area contributed by atoms with E-state index in [4.69, 9.17) is 5.84 Å². The molecule has 0 saturated carbocycles. The summed E-state index contributed by atoms with van der Waals surface area (Å²) in [5.41, 5.74) is 5.33. The molecular formula is C10H14N6. The van der Waals surface area contributed by atoms with Crippen molar-refractivity contribution in [2.75, 3.05) is 10.7 Å². The Morgan fingerprint density at radius 2 is 2.25 bits per heavy atom. The van der Waals surface area contributed by atoms with Gasteiger partial charge in [0, 0.05) is 31.2 Å². The van der Waals surface area contributed by atoms with Gasteiger partial charge in [-0.05, 0) is 13.0 Å². The minimum Gasteiger partial charge on any atom is -0.353 e. The van der Waals surface area contributed by atoms with Crippen LogP contribution < -0.4 is 16.6 Å². The van der Waals surface area contributed by atoms with E-state index >= 15 is 0 Å². The van der Waals surface area contributed by atoms with E-state index in [0.29, 0.717) is 5.82 Å². The van der Waals surface area contributed by atoms with Crippen LogP contribution in [0.1, 0.15) is 5.69 Å². The van der Waals surface area contributed by atoms with Crippen molar-refractivity contribution in [3.05, 3.63) is 30.2 Å². The second kappa shape index (κ2) is 4.19. The molecule has 0 spiro atoms. The molecule has 2 rings (SSSR count). The Kier molecular flexibility index (Phi) is 2.74. The van der Waals surface area contributed by atoms with Crippen molar-refractivity contribution < 1.29 is 0 Å². The minimum atomic E-state index is 0.617. The molecule has 0 aromatic carbocycles. The standard InChI is InChI=1S/C10H14N6/c1-7-9(6-16(2)15-7)13-8-3-4-12-10(5-8)14-11/h3-6H,11H2,1-2H3,(H2,12,13,14). The van der Waals surface area contributed by atoms with Crippen LogP contribution in [0.3, 0.4) is 0 Å². The molecule has 16 heavy (non-hydrogen) atoms. The quantitative estimate of drug-likeness (QED) is 0.532. The number of aryl methyl sites for hydroxylation is 2. The number of pyridine rings is 1. The zero-order chi connectivity index (χ0) is 11.5. The molecule has 6 heteroatoms. The third-order valence-electron chi connectivity index (χ3n) is 2.20. The summed E-state index contributed by atoms with van der Waals surface area (Å²) in [6.45, 7) is 1.95. The second-order valence-corrected chi connectivity index (χ2v) is 3.50. The van der Waals surface area contributed by atoms with E-state index in [1.165, 1.54) is 0 Å². The predicted octanol–water partition coefficient (Wildman–Crippen LogP) is 1.15. The molecule has 2 aromatic heterocycles. The fourth-order valence-corrected chi connectivity index (χ4v) is 1.47. The van der Waals surface area contributed by atoms with Crippen molar-refractivity contribution in [2.24, 2.45) is 12.9 Å². The van der Waals surface area contributed by atoms with Crippen molar-refractivity contribution in [1.82, 2.24) is 14.8 Å². The Morgan fingerprint density at radius 1 is 1.44 bits per heavy atom. The Morgan fingerprint density at radius 3 is 2.88 bits per heavy atom. The van der Waals surface area contributed by atoms with Gasteiger partial charge in [0.05, 0.1) is 11.4 Å². The van der Waals surface area contributed by atoms with Gasteiger partial charge in [0.2, 0.25) is 0 Å². The molecular weight excluding hydrogens is 204 g/mol. The van der Waals surface area contributed by atoms with E-state index in [2.05, 4.69) is 20.8 Å². The van der Waals surface area contributed by atoms with Crippen LogP contribution in [0.15, 0.2) is 24.5 Å². The molecule has 4 N–H and O–H groups in total. The van der Waals surface area contributed by atoms with Gasteiger partial charge in [-0.25, -0.2) is 10.8 Å². The summed E-state index contributed by atoms with van der Waals surface area (Å²) in [4.78, 5) is 4.03. The first-order chi connectivity index (χ1) is 7.69. The third kappa shape index (κ3) is 2.12. The van der Waals surface area contributed by atoms with Crippen molar-refractivity contribution in [2.45, 2.75) is 6.92 Å². The summed E-state index contributed by atoms with van der Waals surface area (Å²) >= 11 is 0. The summed E-state index contributed by atoms with van der Waals surface area (Å²) in [5.74, 6) is 5.91. The number of nitrogens with two attached hydrogens (primary N) is 1. The Bertz CT molecular complexity index is 490. The van der Waals surface area contributed by atoms with Crippen LogP contribution in [0.5, 0.6) is 0 Å². The molecule has 2 heterocycles. The number of nitrogens with one attached hydrogen (secondary N) is 2. The molecule has 0 aliphatic rings. The zero-order valence-corrected chi connectivity index (χ0v) is 9.23. The highest BCUT2D eigenvalue weighted by Crippen LogP contribution is 2.20. The molecule has 0 aliphatic carbocycles. The molecule has 0 aliphatic heterocycles. The van der Waals surface area contributed by atoms with Gasteiger partial charge in [0.1, 0.15) is 5.82 Å². The molecule has 2 aromatic rings. The highest BCUT2D eigenvalue weighted by atomic mass is 15.3. The summed E-state index contributed by atoms with van der Waals surface area (Å²) in [7, 11) is 1.89. The van der Waals surface area contributed by atoms with Gasteiger partial charge in [0.25, 0.3) is 0 Å². The fourth-order valence-electron chi connectivity index (χ4n) is 1.47. The van der Waals surface area contributed by atoms with E-state index in [9.17, 15) is 0 Å². The second-order valence-electron chi connectivity index (χ2n) is 3.50. The average molecular weight is 218 g/mol. The van der Waals surface area contributed by atoms with E-state index < -0.39 is 0 Å². The van der Waals surface area contributed by atoms with Crippen LogP contribution in [0.25, 0.3) is 0 Å². The maximum atomic E-state index is 5.29. The number of hydrogen-bond acceptors (Lipinski definition) is 5. The monoisotopic (exact) mass is 218 g/mol. The minimum absolute atomic E-state index is 0.617. The van der Waals surface area contributed by atoms with E-state index in [0.717, 1.165) is 17.1 Å². The first-order valence-corrected chi connectivity index (χ1v) is 4.89. The molecule has 84 valence electrons. The van der Waals surface area contributed by atoms with Crippen LogP contribution in [0, 0.1) is 6.92 Å². The Balaban J connectivity index is 2.23. The number of aromatic nitrogens is 3. The fraction of sp³-hybridized carbons (Fsp3) is 0.200. The van der Waals surface area contributed by atoms with Crippen molar-refractivity contribution in [3.63, 3.8) is 0 Å². The van der Waals surface area contributed by atoms with Gasteiger partial charge in [0.15, 0.2) is 0 Å². The van der Waals surface area contributed by atoms with Crippen LogP contribution in [0.4, 0.5) is 17.2 Å². The molecule has 0 radical (unpaired) electrons. The SMILES string of the molecule is Cc1nn(C)cc1Nc1ccnc(NN)c1. The van der Waals surface area contributed by atoms with Crippen LogP contribution in [-0.2, 0) is 7.05 Å². The maximum absolute atomic E-state index is 5.29. The van der Waals surface area contributed by atoms with Gasteiger partial charge in [-0.3, -0.25) is 4.68 Å². The number of nitrogen functional groups attached to an aromatic ring is 1. The maximum Gasteiger partial charge on any atom is 0.141 e. The zero-order valence-electron chi connectivity index (χ0n) is 9.23. The predicted molar refractivity (Wildman–Crippen MR) is 63.3 cm³/mol. The number of hydrogen-bond donors (Lipinski definition) is 3. The highest BCUT2D eigenvalue weighted by Gasteiger charge is 2.03. The van der Waals surface area contributed by atoms with Crippen LogP contribution >= 0.6 is 0 Å². The lowest BCUT2D eigenvalue weighted by atomic mass is 10.3. The average Bonchev–Trinajstić information content (AvgIpc) is 2.58. The summed E-state index contributed by atoms with van der Waals surface area (Å²) in [6.07, 6.45) is 3.61. The summed E-state index contributed by atoms with van der Waals surface area (Å²) in [6, 6.07) is 3.69. The van der Waals surface area contributed by atoms with E-state index in [-0.39, 0.29) is 0 Å². The lowest BCUT2D eigenvalue weighted by molar-refractivity contribution is 0.756. The van der Waals surface area contributed by atoms with Gasteiger partial charge < -0.3 is 10.7 Å². The normalized spacial score (nSPS) is 10.2. The molecule has 0 fully saturated rings. The van der Waals surface area contributed by atoms with E-state index in [1.54, 1.807) is 10.9 Å². The van der Waals surface area contributed by atoms with Crippen molar-refractivity contribution in [3.8, 4) is 0 Å². The van der Waals surface area contributed by atoms with Crippen molar-refractivity contribution >= 4 is 17.2 Å². The lowest BCUT2D eigenvalue weighted by Crippen LogP contribution is -2.08. The number of hydrazine groups is 1. The van der Waals surface area contributed by atoms with Gasteiger partial charge in [-0.15, -0.1) is 0 Å². The number of nitrogens with zero attached hydrogens (tertiary/aromatic N) is 3. The Hall–Kier alpha value is -2.08. The first kappa shape index (κ1) is 10.4. The van der Waals surface area contributed by atoms with Gasteiger partial charge in [-0.2, -0.15) is 5.10 Å². The number of rotatable bonds is 3. The highest BCUT2D eigenvalue weighted by molar-refractivity contribution is 5.63. The van der Waals surface area contributed by atoms with Crippen LogP contribution in [0.2, 0.25) is 0 Å². The van der Waals surface area contributed by atoms with Crippen molar-refractivity contribution in [1.29, 1.82) is 0 Å². The molecule has 0 atom stereocenters. The smallest absolute Gasteiger partial charge is 0.141 e. The molecule has 0 bridgehead atoms. The van der Waals surface area contributed by atoms with Gasteiger partial charge >= 0.3 is 0 Å². The van der Waals surface area contributed by atoms with Gasteiger partial charge in [-0.1, -0.05) is 0 Å². The van der Waals surface area contributed by atoms with Crippen LogP contribution in [-0.4, -0.2) is 14.8 Å². The topological polar surface area (TPSA) is 80.8 Å². The Labute approximate surface area is 93.5 Å². The summed E-state index contributed by atoms with van der Waals surface area (Å²) < 4.78 is 1.76. The first-order valence-electron chi connectivity index (χ1n) is 4.89. The molecule has 0 unspecified atom stereocenters. The molecule has 0 saturated heterocycles. The number of anilines is 3. The molecule has 6 nitrogen and oxygen atoms in total. The lowest BCUT2D eigenvalue weighted by Gasteiger charge is -2.05. The summed E-state index contributed by atoms with van der Waals surface area (Å²) in [5, 5.41) is 7.50. The largest absolute Gasteiger partial charge is 0.353 e. The third-order valence-corrected chi connectivity index (χ3v) is 2.20. The molecule has 0 amide bonds. The van der Waals surface area contributed by atoms with E-state index in [1.807, 2.05) is 32.3 Å².